The summed E-state index contributed by atoms with van der Waals surface area (Å²) in [6.07, 6.45) is 9.76. The third-order valence-electron chi connectivity index (χ3n) is 5.78. The molecule has 6 nitrogen and oxygen atoms in total. The molecule has 0 amide bonds. The van der Waals surface area contributed by atoms with Gasteiger partial charge >= 0.3 is 0 Å². The van der Waals surface area contributed by atoms with Crippen LogP contribution in [0.1, 0.15) is 39.0 Å². The van der Waals surface area contributed by atoms with E-state index in [9.17, 15) is 0 Å². The van der Waals surface area contributed by atoms with Crippen molar-refractivity contribution in [3.05, 3.63) is 42.9 Å². The second-order valence-corrected chi connectivity index (χ2v) is 7.26. The average Bonchev–Trinajstić information content (AvgIpc) is 3.37. The van der Waals surface area contributed by atoms with Crippen LogP contribution in [0, 0.1) is 0 Å². The maximum atomic E-state index is 5.03. The quantitative estimate of drug-likeness (QED) is 0.848. The Labute approximate surface area is 154 Å². The molecule has 1 aliphatic carbocycles. The van der Waals surface area contributed by atoms with E-state index < -0.39 is 0 Å². The summed E-state index contributed by atoms with van der Waals surface area (Å²) in [4.78, 5) is 13.8. The van der Waals surface area contributed by atoms with E-state index >= 15 is 0 Å². The number of hydrogen-bond acceptors (Lipinski definition) is 6. The zero-order valence-corrected chi connectivity index (χ0v) is 15.1. The Bertz CT molecular complexity index is 814. The Balaban J connectivity index is 1.60. The van der Waals surface area contributed by atoms with Gasteiger partial charge in [0.1, 0.15) is 18.7 Å². The minimum atomic E-state index is 0.272. The fourth-order valence-electron chi connectivity index (χ4n) is 4.57. The van der Waals surface area contributed by atoms with E-state index in [1.807, 2.05) is 12.3 Å². The van der Waals surface area contributed by atoms with Gasteiger partial charge in [-0.1, -0.05) is 38.0 Å². The topological polar surface area (TPSA) is 47.9 Å². The maximum absolute atomic E-state index is 5.03. The summed E-state index contributed by atoms with van der Waals surface area (Å²) in [5, 5.41) is 7.12. The number of anilines is 3. The highest BCUT2D eigenvalue weighted by molar-refractivity contribution is 6.10. The number of rotatable bonds is 3. The number of hydrazone groups is 1. The van der Waals surface area contributed by atoms with Gasteiger partial charge in [-0.25, -0.2) is 15.0 Å². The number of para-hydroxylation sites is 1. The first-order chi connectivity index (χ1) is 12.9. The molecule has 1 saturated carbocycles. The van der Waals surface area contributed by atoms with Gasteiger partial charge < -0.3 is 9.80 Å². The van der Waals surface area contributed by atoms with Crippen molar-refractivity contribution >= 4 is 23.0 Å². The molecule has 0 bridgehead atoms. The number of hydrogen-bond donors (Lipinski definition) is 0. The second-order valence-electron chi connectivity index (χ2n) is 7.26. The van der Waals surface area contributed by atoms with E-state index in [2.05, 4.69) is 51.0 Å². The van der Waals surface area contributed by atoms with Gasteiger partial charge in [0.2, 0.25) is 0 Å². The largest absolute Gasteiger partial charge is 0.342 e. The summed E-state index contributed by atoms with van der Waals surface area (Å²) in [5.41, 5.74) is 2.20. The Hall–Kier alpha value is -2.63. The van der Waals surface area contributed by atoms with Crippen LogP contribution in [0.3, 0.4) is 0 Å². The van der Waals surface area contributed by atoms with E-state index in [0.29, 0.717) is 12.7 Å². The van der Waals surface area contributed by atoms with Crippen molar-refractivity contribution in [1.29, 1.82) is 0 Å². The predicted molar refractivity (Wildman–Crippen MR) is 105 cm³/mol. The Morgan fingerprint density at radius 2 is 1.92 bits per heavy atom. The number of amidine groups is 1. The van der Waals surface area contributed by atoms with Crippen molar-refractivity contribution in [2.24, 2.45) is 5.10 Å². The normalized spacial score (nSPS) is 22.4. The van der Waals surface area contributed by atoms with Gasteiger partial charge in [-0.2, -0.15) is 5.10 Å². The number of aromatic nitrogens is 2. The number of nitrogens with zero attached hydrogens (tertiary/aromatic N) is 6. The van der Waals surface area contributed by atoms with Crippen LogP contribution in [0.15, 0.2) is 48.0 Å². The summed E-state index contributed by atoms with van der Waals surface area (Å²) < 4.78 is 0. The molecule has 26 heavy (non-hydrogen) atoms. The Kier molecular flexibility index (Phi) is 3.76. The van der Waals surface area contributed by atoms with Crippen molar-refractivity contribution in [2.45, 2.75) is 51.1 Å². The SMILES string of the molecule is CC[C@@H]1C2=NN(c3ccccc3)CN2c2cncnc2N1C1CCCC1. The maximum Gasteiger partial charge on any atom is 0.156 e. The Morgan fingerprint density at radius 1 is 1.12 bits per heavy atom. The van der Waals surface area contributed by atoms with Crippen molar-refractivity contribution in [3.8, 4) is 0 Å². The van der Waals surface area contributed by atoms with Crippen LogP contribution < -0.4 is 14.8 Å². The first-order valence-electron chi connectivity index (χ1n) is 9.63. The summed E-state index contributed by atoms with van der Waals surface area (Å²) in [6, 6.07) is 11.2. The predicted octanol–water partition coefficient (Wildman–Crippen LogP) is 3.62. The molecule has 134 valence electrons. The van der Waals surface area contributed by atoms with Gasteiger partial charge in [0.05, 0.1) is 17.9 Å². The molecule has 5 rings (SSSR count). The molecule has 0 unspecified atom stereocenters. The molecule has 0 spiro atoms. The zero-order valence-electron chi connectivity index (χ0n) is 15.1. The van der Waals surface area contributed by atoms with E-state index in [4.69, 9.17) is 10.1 Å². The lowest BCUT2D eigenvalue weighted by Crippen LogP contribution is -2.55. The van der Waals surface area contributed by atoms with Crippen LogP contribution in [0.2, 0.25) is 0 Å². The average molecular weight is 348 g/mol. The molecule has 6 heteroatoms. The monoisotopic (exact) mass is 348 g/mol. The smallest absolute Gasteiger partial charge is 0.156 e. The van der Waals surface area contributed by atoms with Crippen LogP contribution in [0.5, 0.6) is 0 Å². The molecule has 1 fully saturated rings. The van der Waals surface area contributed by atoms with Crippen LogP contribution in [-0.4, -0.2) is 34.6 Å². The lowest BCUT2D eigenvalue weighted by Gasteiger charge is -2.44. The van der Waals surface area contributed by atoms with Gasteiger partial charge in [0.25, 0.3) is 0 Å². The van der Waals surface area contributed by atoms with Gasteiger partial charge in [0, 0.05) is 6.04 Å². The number of fused-ring (bicyclic) bond motifs is 3. The second kappa shape index (κ2) is 6.27. The van der Waals surface area contributed by atoms with Crippen molar-refractivity contribution in [2.75, 3.05) is 21.5 Å². The first kappa shape index (κ1) is 15.6. The minimum Gasteiger partial charge on any atom is -0.342 e. The molecule has 2 aliphatic heterocycles. The van der Waals surface area contributed by atoms with Crippen LogP contribution >= 0.6 is 0 Å². The number of benzene rings is 1. The van der Waals surface area contributed by atoms with Crippen LogP contribution in [0.4, 0.5) is 17.2 Å². The standard InChI is InChI=1S/C20H24N6/c1-2-17-20-23-25(15-8-4-3-5-9-15)14-24(20)18-12-21-13-22-19(18)26(17)16-10-6-7-11-16/h3-5,8-9,12-13,16-17H,2,6-7,10-11,14H2,1H3/t17-/m1/s1. The summed E-state index contributed by atoms with van der Waals surface area (Å²) in [7, 11) is 0. The molecule has 0 radical (unpaired) electrons. The first-order valence-corrected chi connectivity index (χ1v) is 9.63. The van der Waals surface area contributed by atoms with Gasteiger partial charge in [-0.05, 0) is 31.4 Å². The van der Waals surface area contributed by atoms with E-state index in [0.717, 1.165) is 29.4 Å². The lowest BCUT2D eigenvalue weighted by molar-refractivity contribution is 0.547. The molecule has 0 saturated heterocycles. The third-order valence-corrected chi connectivity index (χ3v) is 5.78. The molecular weight excluding hydrogens is 324 g/mol. The van der Waals surface area contributed by atoms with Gasteiger partial charge in [-0.3, -0.25) is 0 Å². The van der Waals surface area contributed by atoms with Gasteiger partial charge in [-0.15, -0.1) is 0 Å². The van der Waals surface area contributed by atoms with Crippen molar-refractivity contribution in [3.63, 3.8) is 0 Å². The minimum absolute atomic E-state index is 0.272. The van der Waals surface area contributed by atoms with Crippen LogP contribution in [0.25, 0.3) is 0 Å². The molecule has 3 heterocycles. The Morgan fingerprint density at radius 3 is 2.69 bits per heavy atom. The summed E-state index contributed by atoms with van der Waals surface area (Å²) in [6.45, 7) is 2.97. The molecular formula is C20H24N6. The van der Waals surface area contributed by atoms with Crippen molar-refractivity contribution < 1.29 is 0 Å². The molecule has 2 aromatic rings. The fourth-order valence-corrected chi connectivity index (χ4v) is 4.57. The molecule has 1 atom stereocenters. The third kappa shape index (κ3) is 2.35. The highest BCUT2D eigenvalue weighted by atomic mass is 15.6. The molecule has 0 N–H and O–H groups in total. The zero-order chi connectivity index (χ0) is 17.5. The molecule has 1 aromatic carbocycles. The highest BCUT2D eigenvalue weighted by Crippen LogP contribution is 2.41. The molecule has 1 aromatic heterocycles. The van der Waals surface area contributed by atoms with Crippen molar-refractivity contribution in [1.82, 2.24) is 9.97 Å². The highest BCUT2D eigenvalue weighted by Gasteiger charge is 2.43. The summed E-state index contributed by atoms with van der Waals surface area (Å²) in [5.74, 6) is 2.21. The fraction of sp³-hybridized carbons (Fsp3) is 0.450. The summed E-state index contributed by atoms with van der Waals surface area (Å²) >= 11 is 0. The van der Waals surface area contributed by atoms with Crippen LogP contribution in [-0.2, 0) is 0 Å². The lowest BCUT2D eigenvalue weighted by atomic mass is 10.0. The van der Waals surface area contributed by atoms with E-state index in [-0.39, 0.29) is 6.04 Å². The van der Waals surface area contributed by atoms with E-state index in [1.54, 1.807) is 6.33 Å². The van der Waals surface area contributed by atoms with Gasteiger partial charge in [0.15, 0.2) is 11.7 Å². The van der Waals surface area contributed by atoms with E-state index in [1.165, 1.54) is 25.7 Å². The molecule has 3 aliphatic rings.